The Morgan fingerprint density at radius 2 is 1.96 bits per heavy atom. The highest BCUT2D eigenvalue weighted by Crippen LogP contribution is 2.31. The van der Waals surface area contributed by atoms with E-state index < -0.39 is 0 Å². The number of hydrogen-bond acceptors (Lipinski definition) is 6. The summed E-state index contributed by atoms with van der Waals surface area (Å²) in [5.41, 5.74) is 0.915. The summed E-state index contributed by atoms with van der Waals surface area (Å²) in [6.07, 6.45) is 2.08. The lowest BCUT2D eigenvalue weighted by Gasteiger charge is -2.34. The number of halogens is 2. The van der Waals surface area contributed by atoms with Crippen LogP contribution in [0.3, 0.4) is 0 Å². The fourth-order valence-electron chi connectivity index (χ4n) is 3.04. The minimum absolute atomic E-state index is 0.0729. The molecular formula is C19H18Cl2N4O2S. The van der Waals surface area contributed by atoms with Gasteiger partial charge in [0.05, 0.1) is 18.1 Å². The van der Waals surface area contributed by atoms with Gasteiger partial charge in [-0.1, -0.05) is 40.6 Å². The second-order valence-electron chi connectivity index (χ2n) is 6.34. The number of aromatic nitrogens is 2. The molecule has 0 aliphatic carbocycles. The molecule has 1 amide bonds. The number of benzene rings is 1. The molecule has 0 spiro atoms. The Morgan fingerprint density at radius 1 is 1.14 bits per heavy atom. The third-order valence-electron chi connectivity index (χ3n) is 4.55. The molecule has 1 fully saturated rings. The van der Waals surface area contributed by atoms with Gasteiger partial charge in [0.2, 0.25) is 5.91 Å². The average molecular weight is 437 g/mol. The first-order valence-electron chi connectivity index (χ1n) is 8.93. The zero-order chi connectivity index (χ0) is 19.5. The van der Waals surface area contributed by atoms with Gasteiger partial charge in [-0.3, -0.25) is 4.79 Å². The summed E-state index contributed by atoms with van der Waals surface area (Å²) in [6, 6.07) is 9.06. The summed E-state index contributed by atoms with van der Waals surface area (Å²) in [4.78, 5) is 26.5. The molecule has 0 saturated carbocycles. The van der Waals surface area contributed by atoms with Crippen LogP contribution >= 0.6 is 34.5 Å². The minimum atomic E-state index is 0.0729. The summed E-state index contributed by atoms with van der Waals surface area (Å²) in [7, 11) is 0. The van der Waals surface area contributed by atoms with Gasteiger partial charge in [0, 0.05) is 32.4 Å². The van der Waals surface area contributed by atoms with Crippen LogP contribution in [0.1, 0.15) is 6.42 Å². The van der Waals surface area contributed by atoms with E-state index in [-0.39, 0.29) is 12.5 Å². The van der Waals surface area contributed by atoms with Gasteiger partial charge in [-0.2, -0.15) is 0 Å². The number of fused-ring (bicyclic) bond motifs is 1. The summed E-state index contributed by atoms with van der Waals surface area (Å²) < 4.78 is 5.61. The van der Waals surface area contributed by atoms with E-state index in [1.807, 2.05) is 17.0 Å². The van der Waals surface area contributed by atoms with Crippen molar-refractivity contribution in [3.63, 3.8) is 0 Å². The number of carbonyl (C=O) groups excluding carboxylic acids is 1. The number of amides is 1. The average Bonchev–Trinajstić information content (AvgIpc) is 3.15. The zero-order valence-electron chi connectivity index (χ0n) is 15.0. The second kappa shape index (κ2) is 8.51. The van der Waals surface area contributed by atoms with E-state index in [2.05, 4.69) is 14.9 Å². The number of piperazine rings is 1. The zero-order valence-corrected chi connectivity index (χ0v) is 17.3. The molecule has 2 aromatic heterocycles. The standard InChI is InChI=1S/C19H18Cl2N4O2S/c20-13-3-1-5-15(17(13)21)27-12-6-16(26)24-8-10-25(11-9-24)19-23-14-4-2-7-22-18(14)28-19/h1-5,7H,6,8-12H2. The van der Waals surface area contributed by atoms with Crippen molar-refractivity contribution < 1.29 is 9.53 Å². The molecule has 9 heteroatoms. The second-order valence-corrected chi connectivity index (χ2v) is 8.08. The van der Waals surface area contributed by atoms with E-state index >= 15 is 0 Å². The number of carbonyl (C=O) groups is 1. The van der Waals surface area contributed by atoms with Gasteiger partial charge in [0.15, 0.2) is 5.13 Å². The predicted octanol–water partition coefficient (Wildman–Crippen LogP) is 4.12. The maximum absolute atomic E-state index is 12.5. The van der Waals surface area contributed by atoms with Crippen LogP contribution in [0.15, 0.2) is 36.5 Å². The van der Waals surface area contributed by atoms with Crippen molar-refractivity contribution >= 4 is 55.9 Å². The van der Waals surface area contributed by atoms with Crippen molar-refractivity contribution in [3.05, 3.63) is 46.6 Å². The van der Waals surface area contributed by atoms with Crippen molar-refractivity contribution in [1.82, 2.24) is 14.9 Å². The SMILES string of the molecule is O=C(CCOc1cccc(Cl)c1Cl)N1CCN(c2nc3cccnc3s2)CC1. The van der Waals surface area contributed by atoms with Crippen LogP contribution in [0.5, 0.6) is 5.75 Å². The van der Waals surface area contributed by atoms with Crippen LogP contribution in [0.25, 0.3) is 10.3 Å². The van der Waals surface area contributed by atoms with Crippen LogP contribution in [0.4, 0.5) is 5.13 Å². The van der Waals surface area contributed by atoms with E-state index in [1.165, 1.54) is 0 Å². The Kier molecular flexibility index (Phi) is 5.85. The highest BCUT2D eigenvalue weighted by atomic mass is 35.5. The number of anilines is 1. The van der Waals surface area contributed by atoms with Crippen LogP contribution in [-0.4, -0.2) is 53.6 Å². The fourth-order valence-corrected chi connectivity index (χ4v) is 4.35. The molecule has 0 atom stereocenters. The molecule has 0 unspecified atom stereocenters. The molecule has 28 heavy (non-hydrogen) atoms. The molecule has 0 bridgehead atoms. The first-order valence-corrected chi connectivity index (χ1v) is 10.5. The lowest BCUT2D eigenvalue weighted by atomic mass is 10.3. The molecule has 3 heterocycles. The molecule has 0 N–H and O–H groups in total. The normalized spacial score (nSPS) is 14.5. The highest BCUT2D eigenvalue weighted by molar-refractivity contribution is 7.21. The largest absolute Gasteiger partial charge is 0.491 e. The Hall–Kier alpha value is -2.09. The molecule has 1 aromatic carbocycles. The molecule has 6 nitrogen and oxygen atoms in total. The minimum Gasteiger partial charge on any atom is -0.491 e. The smallest absolute Gasteiger partial charge is 0.226 e. The van der Waals surface area contributed by atoms with Crippen molar-refractivity contribution in [2.75, 3.05) is 37.7 Å². The quantitative estimate of drug-likeness (QED) is 0.601. The van der Waals surface area contributed by atoms with Crippen molar-refractivity contribution in [1.29, 1.82) is 0 Å². The van der Waals surface area contributed by atoms with E-state index in [4.69, 9.17) is 27.9 Å². The third-order valence-corrected chi connectivity index (χ3v) is 6.39. The lowest BCUT2D eigenvalue weighted by molar-refractivity contribution is -0.132. The van der Waals surface area contributed by atoms with Gasteiger partial charge in [-0.25, -0.2) is 9.97 Å². The van der Waals surface area contributed by atoms with Crippen LogP contribution in [-0.2, 0) is 4.79 Å². The molecule has 1 saturated heterocycles. The first-order chi connectivity index (χ1) is 13.6. The van der Waals surface area contributed by atoms with E-state index in [9.17, 15) is 4.79 Å². The van der Waals surface area contributed by atoms with Crippen molar-refractivity contribution in [2.45, 2.75) is 6.42 Å². The molecule has 146 valence electrons. The predicted molar refractivity (Wildman–Crippen MR) is 113 cm³/mol. The molecule has 1 aliphatic heterocycles. The van der Waals surface area contributed by atoms with Crippen LogP contribution in [0, 0.1) is 0 Å². The Morgan fingerprint density at radius 3 is 2.75 bits per heavy atom. The van der Waals surface area contributed by atoms with Gasteiger partial charge < -0.3 is 14.5 Å². The fraction of sp³-hybridized carbons (Fsp3) is 0.316. The molecular weight excluding hydrogens is 419 g/mol. The van der Waals surface area contributed by atoms with Gasteiger partial charge in [-0.05, 0) is 24.3 Å². The number of ether oxygens (including phenoxy) is 1. The van der Waals surface area contributed by atoms with Crippen LogP contribution in [0.2, 0.25) is 10.0 Å². The maximum Gasteiger partial charge on any atom is 0.226 e. The van der Waals surface area contributed by atoms with Crippen molar-refractivity contribution in [3.8, 4) is 5.75 Å². The monoisotopic (exact) mass is 436 g/mol. The first kappa shape index (κ1) is 19.2. The molecule has 0 radical (unpaired) electrons. The topological polar surface area (TPSA) is 58.6 Å². The van der Waals surface area contributed by atoms with E-state index in [0.29, 0.717) is 35.3 Å². The van der Waals surface area contributed by atoms with Gasteiger partial charge >= 0.3 is 0 Å². The number of pyridine rings is 1. The molecule has 3 aromatic rings. The number of hydrogen-bond donors (Lipinski definition) is 0. The highest BCUT2D eigenvalue weighted by Gasteiger charge is 2.23. The van der Waals surface area contributed by atoms with Gasteiger partial charge in [0.25, 0.3) is 0 Å². The van der Waals surface area contributed by atoms with Gasteiger partial charge in [0.1, 0.15) is 21.1 Å². The van der Waals surface area contributed by atoms with E-state index in [0.717, 1.165) is 28.6 Å². The maximum atomic E-state index is 12.5. The number of nitrogens with zero attached hydrogens (tertiary/aromatic N) is 4. The lowest BCUT2D eigenvalue weighted by Crippen LogP contribution is -2.49. The summed E-state index contributed by atoms with van der Waals surface area (Å²) in [6.45, 7) is 3.11. The summed E-state index contributed by atoms with van der Waals surface area (Å²) >= 11 is 13.6. The van der Waals surface area contributed by atoms with Crippen LogP contribution < -0.4 is 9.64 Å². The Labute approximate surface area is 176 Å². The van der Waals surface area contributed by atoms with E-state index in [1.54, 1.807) is 35.7 Å². The van der Waals surface area contributed by atoms with Crippen molar-refractivity contribution in [2.24, 2.45) is 0 Å². The summed E-state index contributed by atoms with van der Waals surface area (Å²) in [5.74, 6) is 0.569. The number of rotatable bonds is 5. The molecule has 1 aliphatic rings. The third kappa shape index (κ3) is 4.16. The summed E-state index contributed by atoms with van der Waals surface area (Å²) in [5, 5.41) is 1.77. The Bertz CT molecular complexity index is 956. The number of thiazole rings is 1. The Balaban J connectivity index is 1.27. The molecule has 4 rings (SSSR count). The van der Waals surface area contributed by atoms with Gasteiger partial charge in [-0.15, -0.1) is 0 Å².